The van der Waals surface area contributed by atoms with Gasteiger partial charge >= 0.3 is 0 Å². The number of halogens is 1. The van der Waals surface area contributed by atoms with Gasteiger partial charge in [-0.2, -0.15) is 4.98 Å². The smallest absolute Gasteiger partial charge is 0.227 e. The van der Waals surface area contributed by atoms with Gasteiger partial charge in [-0.25, -0.2) is 4.98 Å². The fourth-order valence-electron chi connectivity index (χ4n) is 1.57. The van der Waals surface area contributed by atoms with Gasteiger partial charge in [0.2, 0.25) is 11.8 Å². The number of rotatable bonds is 4. The molecule has 1 heterocycles. The van der Waals surface area contributed by atoms with Gasteiger partial charge in [0.25, 0.3) is 0 Å². The maximum Gasteiger partial charge on any atom is 0.227 e. The van der Waals surface area contributed by atoms with Crippen LogP contribution < -0.4 is 10.1 Å². The number of aromatic nitrogens is 2. The second-order valence-electron chi connectivity index (χ2n) is 4.25. The number of nitrogens with zero attached hydrogens (tertiary/aromatic N) is 2. The van der Waals surface area contributed by atoms with Crippen molar-refractivity contribution in [3.63, 3.8) is 0 Å². The number of hydrogen-bond acceptors (Lipinski definition) is 4. The fourth-order valence-corrected chi connectivity index (χ4v) is 1.72. The molecule has 4 nitrogen and oxygen atoms in total. The topological polar surface area (TPSA) is 47.0 Å². The Morgan fingerprint density at radius 1 is 1.32 bits per heavy atom. The summed E-state index contributed by atoms with van der Waals surface area (Å²) in [5.74, 6) is 1.66. The van der Waals surface area contributed by atoms with E-state index in [9.17, 15) is 0 Å². The lowest BCUT2D eigenvalue weighted by molar-refractivity contribution is 0.458. The fraction of sp³-hybridized carbons (Fsp3) is 0.286. The zero-order valence-electron chi connectivity index (χ0n) is 11.2. The highest BCUT2D eigenvalue weighted by Gasteiger charge is 2.09. The van der Waals surface area contributed by atoms with E-state index in [1.165, 1.54) is 0 Å². The predicted octanol–water partition coefficient (Wildman–Crippen LogP) is 3.97. The maximum atomic E-state index is 6.12. The van der Waals surface area contributed by atoms with Crippen molar-refractivity contribution in [2.45, 2.75) is 20.8 Å². The summed E-state index contributed by atoms with van der Waals surface area (Å²) in [6, 6.07) is 5.64. The molecule has 0 fully saturated rings. The minimum absolute atomic E-state index is 0.512. The second-order valence-corrected chi connectivity index (χ2v) is 4.66. The molecule has 0 radical (unpaired) electrons. The number of ether oxygens (including phenoxy) is 1. The summed E-state index contributed by atoms with van der Waals surface area (Å²) in [6.07, 6.45) is 1.73. The van der Waals surface area contributed by atoms with Crippen molar-refractivity contribution in [2.24, 2.45) is 0 Å². The van der Waals surface area contributed by atoms with Crippen molar-refractivity contribution in [1.29, 1.82) is 0 Å². The summed E-state index contributed by atoms with van der Waals surface area (Å²) in [5, 5.41) is 3.62. The maximum absolute atomic E-state index is 6.12. The standard InChI is InChI=1S/C14H16ClN3O/c1-4-16-14-17-8-10(3)13(18-14)19-12-7-9(2)5-6-11(12)15/h5-8H,4H2,1-3H3,(H,16,17,18). The second kappa shape index (κ2) is 5.89. The average Bonchev–Trinajstić information content (AvgIpc) is 2.38. The predicted molar refractivity (Wildman–Crippen MR) is 77.2 cm³/mol. The molecule has 100 valence electrons. The Hall–Kier alpha value is -1.81. The van der Waals surface area contributed by atoms with E-state index in [4.69, 9.17) is 16.3 Å². The van der Waals surface area contributed by atoms with Crippen molar-refractivity contribution in [3.8, 4) is 11.6 Å². The zero-order chi connectivity index (χ0) is 13.8. The van der Waals surface area contributed by atoms with Gasteiger partial charge in [0.05, 0.1) is 5.02 Å². The normalized spacial score (nSPS) is 10.3. The quantitative estimate of drug-likeness (QED) is 0.918. The van der Waals surface area contributed by atoms with Crippen molar-refractivity contribution in [1.82, 2.24) is 9.97 Å². The van der Waals surface area contributed by atoms with Crippen molar-refractivity contribution in [3.05, 3.63) is 40.5 Å². The Labute approximate surface area is 117 Å². The van der Waals surface area contributed by atoms with Gasteiger partial charge in [0, 0.05) is 18.3 Å². The molecule has 0 spiro atoms. The minimum Gasteiger partial charge on any atom is -0.437 e. The van der Waals surface area contributed by atoms with Crippen LogP contribution in [-0.4, -0.2) is 16.5 Å². The lowest BCUT2D eigenvalue weighted by Crippen LogP contribution is -2.03. The molecule has 1 aromatic heterocycles. The van der Waals surface area contributed by atoms with E-state index in [1.807, 2.05) is 39.0 Å². The van der Waals surface area contributed by atoms with E-state index >= 15 is 0 Å². The Bertz CT molecular complexity index is 587. The SMILES string of the molecule is CCNc1ncc(C)c(Oc2cc(C)ccc2Cl)n1. The van der Waals surface area contributed by atoms with Crippen LogP contribution in [0, 0.1) is 13.8 Å². The van der Waals surface area contributed by atoms with E-state index in [0.717, 1.165) is 17.7 Å². The largest absolute Gasteiger partial charge is 0.437 e. The van der Waals surface area contributed by atoms with E-state index in [0.29, 0.717) is 22.6 Å². The summed E-state index contributed by atoms with van der Waals surface area (Å²) in [7, 11) is 0. The number of anilines is 1. The molecule has 1 N–H and O–H groups in total. The third-order valence-corrected chi connectivity index (χ3v) is 2.87. The first-order valence-electron chi connectivity index (χ1n) is 6.11. The minimum atomic E-state index is 0.512. The third kappa shape index (κ3) is 3.35. The van der Waals surface area contributed by atoms with Gasteiger partial charge in [0.15, 0.2) is 0 Å². The highest BCUT2D eigenvalue weighted by atomic mass is 35.5. The molecule has 0 aliphatic carbocycles. The van der Waals surface area contributed by atoms with Gasteiger partial charge < -0.3 is 10.1 Å². The number of aryl methyl sites for hydroxylation is 2. The van der Waals surface area contributed by atoms with Crippen LogP contribution in [0.1, 0.15) is 18.1 Å². The summed E-state index contributed by atoms with van der Waals surface area (Å²) in [4.78, 5) is 8.50. The van der Waals surface area contributed by atoms with Gasteiger partial charge in [-0.1, -0.05) is 17.7 Å². The molecule has 5 heteroatoms. The van der Waals surface area contributed by atoms with E-state index < -0.39 is 0 Å². The molecule has 19 heavy (non-hydrogen) atoms. The van der Waals surface area contributed by atoms with Gasteiger partial charge in [-0.05, 0) is 38.5 Å². The molecular formula is C14H16ClN3O. The molecule has 0 saturated heterocycles. The van der Waals surface area contributed by atoms with Crippen LogP contribution in [0.5, 0.6) is 11.6 Å². The van der Waals surface area contributed by atoms with Gasteiger partial charge in [-0.3, -0.25) is 0 Å². The average molecular weight is 278 g/mol. The van der Waals surface area contributed by atoms with Crippen LogP contribution in [0.25, 0.3) is 0 Å². The summed E-state index contributed by atoms with van der Waals surface area (Å²) < 4.78 is 5.78. The van der Waals surface area contributed by atoms with E-state index in [2.05, 4.69) is 15.3 Å². The van der Waals surface area contributed by atoms with Crippen LogP contribution in [0.3, 0.4) is 0 Å². The van der Waals surface area contributed by atoms with Crippen molar-refractivity contribution in [2.75, 3.05) is 11.9 Å². The number of benzene rings is 1. The number of hydrogen-bond donors (Lipinski definition) is 1. The molecule has 2 aromatic rings. The monoisotopic (exact) mass is 277 g/mol. The Kier molecular flexibility index (Phi) is 4.22. The third-order valence-electron chi connectivity index (χ3n) is 2.55. The van der Waals surface area contributed by atoms with Crippen molar-refractivity contribution >= 4 is 17.5 Å². The molecule has 0 unspecified atom stereocenters. The first kappa shape index (κ1) is 13.6. The molecule has 0 bridgehead atoms. The zero-order valence-corrected chi connectivity index (χ0v) is 12.0. The van der Waals surface area contributed by atoms with Gasteiger partial charge in [-0.15, -0.1) is 0 Å². The van der Waals surface area contributed by atoms with Gasteiger partial charge in [0.1, 0.15) is 5.75 Å². The Morgan fingerprint density at radius 3 is 2.84 bits per heavy atom. The summed E-state index contributed by atoms with van der Waals surface area (Å²) in [5.41, 5.74) is 1.94. The molecule has 0 amide bonds. The molecular weight excluding hydrogens is 262 g/mol. The molecule has 2 rings (SSSR count). The molecule has 0 aliphatic heterocycles. The van der Waals surface area contributed by atoms with Crippen LogP contribution in [0.4, 0.5) is 5.95 Å². The van der Waals surface area contributed by atoms with Crippen molar-refractivity contribution < 1.29 is 4.74 Å². The first-order chi connectivity index (χ1) is 9.10. The van der Waals surface area contributed by atoms with Crippen LogP contribution >= 0.6 is 11.6 Å². The summed E-state index contributed by atoms with van der Waals surface area (Å²) in [6.45, 7) is 6.63. The van der Waals surface area contributed by atoms with E-state index in [1.54, 1.807) is 6.20 Å². The van der Waals surface area contributed by atoms with E-state index in [-0.39, 0.29) is 0 Å². The highest BCUT2D eigenvalue weighted by molar-refractivity contribution is 6.32. The van der Waals surface area contributed by atoms with Crippen LogP contribution in [0.15, 0.2) is 24.4 Å². The molecule has 1 aromatic carbocycles. The molecule has 0 aliphatic rings. The number of nitrogens with one attached hydrogen (secondary N) is 1. The lowest BCUT2D eigenvalue weighted by atomic mass is 10.2. The highest BCUT2D eigenvalue weighted by Crippen LogP contribution is 2.30. The van der Waals surface area contributed by atoms with Crippen LogP contribution in [-0.2, 0) is 0 Å². The Morgan fingerprint density at radius 2 is 2.11 bits per heavy atom. The first-order valence-corrected chi connectivity index (χ1v) is 6.49. The Balaban J connectivity index is 2.31. The van der Waals surface area contributed by atoms with Crippen LogP contribution in [0.2, 0.25) is 5.02 Å². The molecule has 0 atom stereocenters. The lowest BCUT2D eigenvalue weighted by Gasteiger charge is -2.11. The summed E-state index contributed by atoms with van der Waals surface area (Å²) >= 11 is 6.12. The molecule has 0 saturated carbocycles.